The summed E-state index contributed by atoms with van der Waals surface area (Å²) in [6.45, 7) is 2.48. The molecule has 0 radical (unpaired) electrons. The highest BCUT2D eigenvalue weighted by Crippen LogP contribution is 2.26. The van der Waals surface area contributed by atoms with Gasteiger partial charge in [0, 0.05) is 4.88 Å². The normalized spacial score (nSPS) is 22.5. The third kappa shape index (κ3) is 5.05. The Morgan fingerprint density at radius 1 is 1.41 bits per heavy atom. The van der Waals surface area contributed by atoms with Gasteiger partial charge in [0.05, 0.1) is 12.6 Å². The first-order valence-corrected chi connectivity index (χ1v) is 9.72. The standard InChI is InChI=1S/C14H22N2O4S2/c1-10-4-2-3-5-12(10)20-9-13(17)16-8-11-6-7-14(21-11)22(15,18)19/h6-7,10,12H,2-5,8-9H2,1H3,(H,16,17)(H2,15,18,19)/t10-,12+/m1/s1. The predicted molar refractivity (Wildman–Crippen MR) is 84.9 cm³/mol. The number of hydrogen-bond acceptors (Lipinski definition) is 5. The number of carbonyl (C=O) groups is 1. The lowest BCUT2D eigenvalue weighted by Crippen LogP contribution is -2.32. The fourth-order valence-corrected chi connectivity index (χ4v) is 4.27. The molecule has 0 saturated heterocycles. The van der Waals surface area contributed by atoms with Gasteiger partial charge in [-0.15, -0.1) is 11.3 Å². The number of amides is 1. The second-order valence-corrected chi connectivity index (χ2v) is 8.61. The molecule has 2 rings (SSSR count). The molecule has 0 aliphatic heterocycles. The van der Waals surface area contributed by atoms with Crippen molar-refractivity contribution in [2.45, 2.75) is 49.5 Å². The molecule has 22 heavy (non-hydrogen) atoms. The first-order valence-electron chi connectivity index (χ1n) is 7.36. The Labute approximate surface area is 135 Å². The maximum absolute atomic E-state index is 11.8. The summed E-state index contributed by atoms with van der Waals surface area (Å²) in [4.78, 5) is 12.5. The van der Waals surface area contributed by atoms with Crippen molar-refractivity contribution in [1.29, 1.82) is 0 Å². The van der Waals surface area contributed by atoms with Crippen LogP contribution < -0.4 is 10.5 Å². The van der Waals surface area contributed by atoms with Crippen molar-refractivity contribution in [3.8, 4) is 0 Å². The Hall–Kier alpha value is -0.960. The molecule has 3 N–H and O–H groups in total. The summed E-state index contributed by atoms with van der Waals surface area (Å²) < 4.78 is 28.1. The fraction of sp³-hybridized carbons (Fsp3) is 0.643. The summed E-state index contributed by atoms with van der Waals surface area (Å²) in [6, 6.07) is 3.09. The highest BCUT2D eigenvalue weighted by molar-refractivity contribution is 7.91. The van der Waals surface area contributed by atoms with Gasteiger partial charge in [-0.25, -0.2) is 13.6 Å². The summed E-state index contributed by atoms with van der Waals surface area (Å²) in [5.41, 5.74) is 0. The summed E-state index contributed by atoms with van der Waals surface area (Å²) in [5, 5.41) is 7.77. The SMILES string of the molecule is C[C@@H]1CCCC[C@@H]1OCC(=O)NCc1ccc(S(N)(=O)=O)s1. The van der Waals surface area contributed by atoms with Gasteiger partial charge >= 0.3 is 0 Å². The van der Waals surface area contributed by atoms with Gasteiger partial charge in [-0.3, -0.25) is 4.79 Å². The maximum Gasteiger partial charge on any atom is 0.247 e. The largest absolute Gasteiger partial charge is 0.368 e. The van der Waals surface area contributed by atoms with E-state index in [1.54, 1.807) is 6.07 Å². The number of nitrogens with one attached hydrogen (secondary N) is 1. The van der Waals surface area contributed by atoms with Crippen LogP contribution in [0.25, 0.3) is 0 Å². The number of sulfonamides is 1. The summed E-state index contributed by atoms with van der Waals surface area (Å²) in [6.07, 6.45) is 4.71. The Morgan fingerprint density at radius 3 is 2.77 bits per heavy atom. The molecule has 0 bridgehead atoms. The first-order chi connectivity index (χ1) is 10.4. The number of nitrogens with two attached hydrogens (primary N) is 1. The van der Waals surface area contributed by atoms with Crippen molar-refractivity contribution < 1.29 is 17.9 Å². The van der Waals surface area contributed by atoms with E-state index in [4.69, 9.17) is 9.88 Å². The van der Waals surface area contributed by atoms with E-state index in [0.717, 1.165) is 35.5 Å². The van der Waals surface area contributed by atoms with Crippen LogP contribution in [0.3, 0.4) is 0 Å². The topological polar surface area (TPSA) is 98.5 Å². The van der Waals surface area contributed by atoms with Crippen LogP contribution in [0.4, 0.5) is 0 Å². The molecule has 1 fully saturated rings. The van der Waals surface area contributed by atoms with Gasteiger partial charge in [-0.05, 0) is 30.9 Å². The van der Waals surface area contributed by atoms with Crippen LogP contribution >= 0.6 is 11.3 Å². The quantitative estimate of drug-likeness (QED) is 0.817. The number of primary sulfonamides is 1. The Kier molecular flexibility index (Phi) is 5.96. The van der Waals surface area contributed by atoms with Crippen molar-refractivity contribution in [3.05, 3.63) is 17.0 Å². The molecule has 1 amide bonds. The van der Waals surface area contributed by atoms with E-state index in [2.05, 4.69) is 12.2 Å². The average molecular weight is 346 g/mol. The molecular formula is C14H22N2O4S2. The zero-order valence-corrected chi connectivity index (χ0v) is 14.2. The average Bonchev–Trinajstić information content (AvgIpc) is 2.93. The lowest BCUT2D eigenvalue weighted by atomic mass is 9.88. The second kappa shape index (κ2) is 7.54. The molecule has 1 aromatic rings. The van der Waals surface area contributed by atoms with E-state index in [1.807, 2.05) is 0 Å². The zero-order valence-electron chi connectivity index (χ0n) is 12.6. The first kappa shape index (κ1) is 17.4. The molecule has 1 aromatic heterocycles. The molecule has 8 heteroatoms. The van der Waals surface area contributed by atoms with Gasteiger partial charge < -0.3 is 10.1 Å². The van der Waals surface area contributed by atoms with Gasteiger partial charge in [0.25, 0.3) is 0 Å². The highest BCUT2D eigenvalue weighted by Gasteiger charge is 2.22. The molecule has 1 heterocycles. The van der Waals surface area contributed by atoms with Gasteiger partial charge in [0.2, 0.25) is 15.9 Å². The second-order valence-electron chi connectivity index (χ2n) is 5.65. The molecule has 1 aliphatic carbocycles. The Morgan fingerprint density at radius 2 is 2.14 bits per heavy atom. The van der Waals surface area contributed by atoms with E-state index >= 15 is 0 Å². The van der Waals surface area contributed by atoms with E-state index in [-0.39, 0.29) is 29.4 Å². The number of hydrogen-bond donors (Lipinski definition) is 2. The van der Waals surface area contributed by atoms with Crippen molar-refractivity contribution in [3.63, 3.8) is 0 Å². The zero-order chi connectivity index (χ0) is 16.2. The van der Waals surface area contributed by atoms with Crippen molar-refractivity contribution in [2.75, 3.05) is 6.61 Å². The minimum Gasteiger partial charge on any atom is -0.368 e. The molecule has 6 nitrogen and oxygen atoms in total. The maximum atomic E-state index is 11.8. The lowest BCUT2D eigenvalue weighted by molar-refractivity contribution is -0.129. The van der Waals surface area contributed by atoms with Crippen molar-refractivity contribution >= 4 is 27.3 Å². The van der Waals surface area contributed by atoms with Crippen LogP contribution in [-0.2, 0) is 26.1 Å². The third-order valence-electron chi connectivity index (χ3n) is 3.84. The Balaban J connectivity index is 1.74. The third-order valence-corrected chi connectivity index (χ3v) is 6.36. The number of rotatable bonds is 6. The number of thiophene rings is 1. The molecular weight excluding hydrogens is 324 g/mol. The Bertz CT molecular complexity index is 612. The summed E-state index contributed by atoms with van der Waals surface area (Å²) >= 11 is 1.06. The molecule has 0 spiro atoms. The van der Waals surface area contributed by atoms with E-state index in [0.29, 0.717) is 5.92 Å². The van der Waals surface area contributed by atoms with Gasteiger partial charge in [0.15, 0.2) is 0 Å². The number of carbonyl (C=O) groups excluding carboxylic acids is 1. The molecule has 0 unspecified atom stereocenters. The molecule has 1 aliphatic rings. The smallest absolute Gasteiger partial charge is 0.247 e. The van der Waals surface area contributed by atoms with Gasteiger partial charge in [0.1, 0.15) is 10.8 Å². The molecule has 2 atom stereocenters. The van der Waals surface area contributed by atoms with Crippen LogP contribution in [0.5, 0.6) is 0 Å². The molecule has 124 valence electrons. The van der Waals surface area contributed by atoms with Crippen molar-refractivity contribution in [2.24, 2.45) is 11.1 Å². The minimum atomic E-state index is -3.67. The van der Waals surface area contributed by atoms with Crippen LogP contribution in [0.15, 0.2) is 16.3 Å². The minimum absolute atomic E-state index is 0.0441. The fourth-order valence-electron chi connectivity index (χ4n) is 2.56. The van der Waals surface area contributed by atoms with E-state index in [9.17, 15) is 13.2 Å². The van der Waals surface area contributed by atoms with Crippen LogP contribution in [0.2, 0.25) is 0 Å². The van der Waals surface area contributed by atoms with Crippen LogP contribution in [0, 0.1) is 5.92 Å². The monoisotopic (exact) mass is 346 g/mol. The number of ether oxygens (including phenoxy) is 1. The predicted octanol–water partition coefficient (Wildman–Crippen LogP) is 1.61. The van der Waals surface area contributed by atoms with Gasteiger partial charge in [-0.2, -0.15) is 0 Å². The molecule has 0 aromatic carbocycles. The van der Waals surface area contributed by atoms with Crippen LogP contribution in [-0.4, -0.2) is 27.0 Å². The lowest BCUT2D eigenvalue weighted by Gasteiger charge is -2.28. The van der Waals surface area contributed by atoms with Crippen molar-refractivity contribution in [1.82, 2.24) is 5.32 Å². The van der Waals surface area contributed by atoms with E-state index < -0.39 is 10.0 Å². The summed E-state index contributed by atoms with van der Waals surface area (Å²) in [5.74, 6) is 0.305. The van der Waals surface area contributed by atoms with E-state index in [1.165, 1.54) is 12.5 Å². The molecule has 1 saturated carbocycles. The highest BCUT2D eigenvalue weighted by atomic mass is 32.2. The summed E-state index contributed by atoms with van der Waals surface area (Å²) in [7, 11) is -3.67. The van der Waals surface area contributed by atoms with Crippen LogP contribution in [0.1, 0.15) is 37.5 Å². The van der Waals surface area contributed by atoms with Gasteiger partial charge in [-0.1, -0.05) is 19.8 Å².